The number of hydrogen-bond acceptors (Lipinski definition) is 2. The highest BCUT2D eigenvalue weighted by atomic mass is 35.5. The van der Waals surface area contributed by atoms with Gasteiger partial charge in [0.25, 0.3) is 0 Å². The summed E-state index contributed by atoms with van der Waals surface area (Å²) in [6.45, 7) is 5.63. The van der Waals surface area contributed by atoms with Crippen LogP contribution < -0.4 is 9.64 Å². The van der Waals surface area contributed by atoms with Gasteiger partial charge in [0, 0.05) is 12.2 Å². The third kappa shape index (κ3) is 4.81. The largest absolute Gasteiger partial charge is 0.485 e. The van der Waals surface area contributed by atoms with Crippen LogP contribution in [0.4, 0.5) is 5.69 Å². The van der Waals surface area contributed by atoms with E-state index in [4.69, 9.17) is 62.7 Å². The predicted octanol–water partition coefficient (Wildman–Crippen LogP) is 7.64. The molecule has 0 fully saturated rings. The molecule has 1 atom stereocenters. The van der Waals surface area contributed by atoms with Crippen LogP contribution in [0.3, 0.4) is 0 Å². The van der Waals surface area contributed by atoms with Crippen molar-refractivity contribution < 1.29 is 4.74 Å². The summed E-state index contributed by atoms with van der Waals surface area (Å²) in [5, 5.41) is 0.735. The number of anilines is 1. The van der Waals surface area contributed by atoms with Crippen molar-refractivity contribution >= 4 is 63.7 Å². The molecule has 2 aromatic carbocycles. The van der Waals surface area contributed by atoms with Gasteiger partial charge < -0.3 is 9.64 Å². The summed E-state index contributed by atoms with van der Waals surface area (Å²) in [5.74, 6) is 0.263. The standard InChI is InChI=1S/C18H18Cl5NO/c1-3-12(10-24(4-2)11-8-6-5-7-9-11)25-18-16(22)14(20)13(19)15(21)17(18)23/h5-9,12H,3-4,10H2,1-2H3. The van der Waals surface area contributed by atoms with Crippen molar-refractivity contribution in [3.05, 3.63) is 55.4 Å². The Morgan fingerprint density at radius 1 is 0.840 bits per heavy atom. The third-order valence-corrected chi connectivity index (χ3v) is 6.08. The fraction of sp³-hybridized carbons (Fsp3) is 0.333. The van der Waals surface area contributed by atoms with Crippen LogP contribution in [0.2, 0.25) is 25.1 Å². The molecule has 7 heteroatoms. The molecular formula is C18H18Cl5NO. The number of nitrogens with zero attached hydrogens (tertiary/aromatic N) is 1. The molecule has 0 aromatic heterocycles. The summed E-state index contributed by atoms with van der Waals surface area (Å²) in [7, 11) is 0. The molecule has 136 valence electrons. The minimum absolute atomic E-state index is 0.123. The van der Waals surface area contributed by atoms with E-state index in [1.165, 1.54) is 0 Å². The van der Waals surface area contributed by atoms with Crippen molar-refractivity contribution in [1.29, 1.82) is 0 Å². The number of ether oxygens (including phenoxy) is 1. The molecule has 0 aliphatic rings. The van der Waals surface area contributed by atoms with E-state index in [1.807, 2.05) is 25.1 Å². The lowest BCUT2D eigenvalue weighted by atomic mass is 10.2. The highest BCUT2D eigenvalue weighted by Crippen LogP contribution is 2.48. The molecule has 0 saturated heterocycles. The van der Waals surface area contributed by atoms with Crippen molar-refractivity contribution in [3.63, 3.8) is 0 Å². The van der Waals surface area contributed by atoms with Gasteiger partial charge in [-0.15, -0.1) is 0 Å². The Bertz CT molecular complexity index is 694. The summed E-state index contributed by atoms with van der Waals surface area (Å²) in [6, 6.07) is 10.1. The zero-order chi connectivity index (χ0) is 18.6. The van der Waals surface area contributed by atoms with Gasteiger partial charge in [0.1, 0.15) is 16.1 Å². The van der Waals surface area contributed by atoms with Crippen LogP contribution in [0.5, 0.6) is 5.75 Å². The van der Waals surface area contributed by atoms with Crippen LogP contribution in [-0.2, 0) is 0 Å². The van der Waals surface area contributed by atoms with Gasteiger partial charge in [0.05, 0.1) is 21.6 Å². The van der Waals surface area contributed by atoms with Crippen LogP contribution in [0, 0.1) is 0 Å². The summed E-state index contributed by atoms with van der Waals surface area (Å²) in [4.78, 5) is 2.22. The zero-order valence-electron chi connectivity index (χ0n) is 13.8. The first-order valence-corrected chi connectivity index (χ1v) is 9.77. The molecule has 0 saturated carbocycles. The van der Waals surface area contributed by atoms with Gasteiger partial charge in [-0.05, 0) is 25.5 Å². The second-order valence-corrected chi connectivity index (χ2v) is 7.31. The first-order valence-electron chi connectivity index (χ1n) is 7.88. The summed E-state index contributed by atoms with van der Waals surface area (Å²) in [6.07, 6.45) is 0.608. The molecule has 2 rings (SSSR count). The third-order valence-electron chi connectivity index (χ3n) is 3.84. The van der Waals surface area contributed by atoms with Crippen molar-refractivity contribution in [2.24, 2.45) is 0 Å². The fourth-order valence-electron chi connectivity index (χ4n) is 2.41. The normalized spacial score (nSPS) is 12.1. The second kappa shape index (κ2) is 9.43. The molecule has 1 unspecified atom stereocenters. The van der Waals surface area contributed by atoms with E-state index in [1.54, 1.807) is 0 Å². The molecule has 2 aromatic rings. The second-order valence-electron chi connectivity index (χ2n) is 5.42. The van der Waals surface area contributed by atoms with E-state index in [0.717, 1.165) is 18.7 Å². The van der Waals surface area contributed by atoms with Crippen LogP contribution >= 0.6 is 58.0 Å². The van der Waals surface area contributed by atoms with E-state index in [9.17, 15) is 0 Å². The Hall–Kier alpha value is -0.510. The molecule has 0 aliphatic heterocycles. The van der Waals surface area contributed by atoms with Crippen molar-refractivity contribution in [2.45, 2.75) is 26.4 Å². The molecule has 0 amide bonds. The average Bonchev–Trinajstić information content (AvgIpc) is 2.65. The number of benzene rings is 2. The summed E-state index contributed by atoms with van der Waals surface area (Å²) < 4.78 is 6.06. The van der Waals surface area contributed by atoms with E-state index < -0.39 is 0 Å². The lowest BCUT2D eigenvalue weighted by molar-refractivity contribution is 0.202. The predicted molar refractivity (Wildman–Crippen MR) is 111 cm³/mol. The molecule has 0 N–H and O–H groups in total. The molecule has 2 nitrogen and oxygen atoms in total. The summed E-state index contributed by atoms with van der Waals surface area (Å²) >= 11 is 30.8. The van der Waals surface area contributed by atoms with Gasteiger partial charge in [0.2, 0.25) is 0 Å². The SMILES string of the molecule is CCC(CN(CC)c1ccccc1)Oc1c(Cl)c(Cl)c(Cl)c(Cl)c1Cl. The van der Waals surface area contributed by atoms with Gasteiger partial charge >= 0.3 is 0 Å². The number of para-hydroxylation sites is 1. The van der Waals surface area contributed by atoms with Gasteiger partial charge in [-0.1, -0.05) is 83.1 Å². The smallest absolute Gasteiger partial charge is 0.160 e. The van der Waals surface area contributed by atoms with E-state index in [0.29, 0.717) is 6.54 Å². The molecule has 25 heavy (non-hydrogen) atoms. The first kappa shape index (κ1) is 20.8. The Morgan fingerprint density at radius 3 is 1.84 bits per heavy atom. The van der Waals surface area contributed by atoms with E-state index in [-0.39, 0.29) is 37.0 Å². The van der Waals surface area contributed by atoms with Crippen LogP contribution in [-0.4, -0.2) is 19.2 Å². The maximum Gasteiger partial charge on any atom is 0.160 e. The van der Waals surface area contributed by atoms with Crippen LogP contribution in [0.25, 0.3) is 0 Å². The van der Waals surface area contributed by atoms with Crippen LogP contribution in [0.15, 0.2) is 30.3 Å². The average molecular weight is 442 g/mol. The minimum Gasteiger partial charge on any atom is -0.485 e. The van der Waals surface area contributed by atoms with Crippen molar-refractivity contribution in [3.8, 4) is 5.75 Å². The molecule has 0 aliphatic carbocycles. The van der Waals surface area contributed by atoms with E-state index in [2.05, 4.69) is 24.0 Å². The zero-order valence-corrected chi connectivity index (χ0v) is 17.6. The molecular weight excluding hydrogens is 423 g/mol. The van der Waals surface area contributed by atoms with Gasteiger partial charge in [-0.25, -0.2) is 0 Å². The maximum atomic E-state index is 6.27. The number of halogens is 5. The fourth-order valence-corrected chi connectivity index (χ4v) is 3.62. The van der Waals surface area contributed by atoms with Crippen molar-refractivity contribution in [1.82, 2.24) is 0 Å². The lowest BCUT2D eigenvalue weighted by Crippen LogP contribution is -2.35. The number of hydrogen-bond donors (Lipinski definition) is 0. The maximum absolute atomic E-state index is 6.27. The highest BCUT2D eigenvalue weighted by Gasteiger charge is 2.23. The Morgan fingerprint density at radius 2 is 1.36 bits per heavy atom. The molecule has 0 bridgehead atoms. The van der Waals surface area contributed by atoms with Gasteiger partial charge in [0.15, 0.2) is 5.75 Å². The number of rotatable bonds is 7. The van der Waals surface area contributed by atoms with Crippen molar-refractivity contribution in [2.75, 3.05) is 18.0 Å². The number of likely N-dealkylation sites (N-methyl/N-ethyl adjacent to an activating group) is 1. The first-order chi connectivity index (χ1) is 11.9. The summed E-state index contributed by atoms with van der Waals surface area (Å²) in [5.41, 5.74) is 1.12. The quantitative estimate of drug-likeness (QED) is 0.323. The van der Waals surface area contributed by atoms with Gasteiger partial charge in [-0.2, -0.15) is 0 Å². The Kier molecular flexibility index (Phi) is 7.85. The topological polar surface area (TPSA) is 12.5 Å². The molecule has 0 heterocycles. The molecule has 0 radical (unpaired) electrons. The Labute approximate surface area is 173 Å². The monoisotopic (exact) mass is 439 g/mol. The van der Waals surface area contributed by atoms with E-state index >= 15 is 0 Å². The van der Waals surface area contributed by atoms with Crippen LogP contribution in [0.1, 0.15) is 20.3 Å². The van der Waals surface area contributed by atoms with Gasteiger partial charge in [-0.3, -0.25) is 0 Å². The molecule has 0 spiro atoms. The Balaban J connectivity index is 2.26. The minimum atomic E-state index is -0.150. The highest BCUT2D eigenvalue weighted by molar-refractivity contribution is 6.55. The lowest BCUT2D eigenvalue weighted by Gasteiger charge is -2.29.